The van der Waals surface area contributed by atoms with E-state index in [1.807, 2.05) is 60.7 Å². The molecule has 0 radical (unpaired) electrons. The molecule has 0 aliphatic rings. The molecule has 0 saturated carbocycles. The molecule has 0 saturated heterocycles. The van der Waals surface area contributed by atoms with Crippen molar-refractivity contribution in [2.75, 3.05) is 0 Å². The molecule has 0 spiro atoms. The third kappa shape index (κ3) is 6.22. The van der Waals surface area contributed by atoms with Crippen molar-refractivity contribution in [2.24, 2.45) is 0 Å². The molecule has 2 aromatic carbocycles. The van der Waals surface area contributed by atoms with Crippen molar-refractivity contribution in [1.29, 1.82) is 0 Å². The minimum atomic E-state index is -1.23. The summed E-state index contributed by atoms with van der Waals surface area (Å²) in [6, 6.07) is 21.8. The fourth-order valence-corrected chi connectivity index (χ4v) is 2.59. The lowest BCUT2D eigenvalue weighted by molar-refractivity contribution is -0.130. The van der Waals surface area contributed by atoms with Gasteiger partial charge in [-0.15, -0.1) is 0 Å². The Hall–Kier alpha value is -3.58. The number of para-hydroxylation sites is 1. The maximum Gasteiger partial charge on any atom is 0.305 e. The van der Waals surface area contributed by atoms with Crippen molar-refractivity contribution in [1.82, 2.24) is 10.9 Å². The van der Waals surface area contributed by atoms with Crippen molar-refractivity contribution in [2.45, 2.75) is 25.6 Å². The Kier molecular flexibility index (Phi) is 7.02. The normalized spacial score (nSPS) is 11.5. The lowest BCUT2D eigenvalue weighted by Crippen LogP contribution is -2.46. The highest BCUT2D eigenvalue weighted by Crippen LogP contribution is 2.14. The van der Waals surface area contributed by atoms with Crippen LogP contribution in [0.15, 0.2) is 77.2 Å². The van der Waals surface area contributed by atoms with Crippen LogP contribution >= 0.6 is 0 Å². The Morgan fingerprint density at radius 3 is 2.34 bits per heavy atom. The maximum atomic E-state index is 12.1. The molecule has 1 atom stereocenters. The van der Waals surface area contributed by atoms with E-state index in [9.17, 15) is 14.7 Å². The molecule has 1 unspecified atom stereocenters. The number of benzene rings is 2. The van der Waals surface area contributed by atoms with Crippen LogP contribution in [0.4, 0.5) is 0 Å². The van der Waals surface area contributed by atoms with Crippen LogP contribution in [0.25, 0.3) is 0 Å². The first kappa shape index (κ1) is 20.2. The maximum absolute atomic E-state index is 12.1. The number of rotatable bonds is 8. The summed E-state index contributed by atoms with van der Waals surface area (Å²) in [5, 5.41) is 9.94. The van der Waals surface area contributed by atoms with E-state index < -0.39 is 17.9 Å². The predicted octanol–water partition coefficient (Wildman–Crippen LogP) is 2.61. The summed E-state index contributed by atoms with van der Waals surface area (Å²) in [5.41, 5.74) is 5.45. The smallest absolute Gasteiger partial charge is 0.305 e. The zero-order chi connectivity index (χ0) is 20.5. The van der Waals surface area contributed by atoms with Crippen LogP contribution in [0.5, 0.6) is 5.75 Å². The highest BCUT2D eigenvalue weighted by molar-refractivity contribution is 5.93. The molecular formula is C22H22N2O5. The first-order chi connectivity index (χ1) is 14.1. The second-order valence-corrected chi connectivity index (χ2v) is 6.35. The first-order valence-electron chi connectivity index (χ1n) is 9.20. The second-order valence-electron chi connectivity index (χ2n) is 6.35. The van der Waals surface area contributed by atoms with Gasteiger partial charge < -0.3 is 14.3 Å². The van der Waals surface area contributed by atoms with E-state index in [0.29, 0.717) is 17.9 Å². The molecular weight excluding hydrogens is 372 g/mol. The number of carbonyl (C=O) groups is 2. The van der Waals surface area contributed by atoms with Gasteiger partial charge in [0.2, 0.25) is 0 Å². The summed E-state index contributed by atoms with van der Waals surface area (Å²) < 4.78 is 11.0. The highest BCUT2D eigenvalue weighted by Gasteiger charge is 2.17. The van der Waals surface area contributed by atoms with Gasteiger partial charge in [-0.1, -0.05) is 48.5 Å². The minimum Gasteiger partial charge on any atom is -0.486 e. The van der Waals surface area contributed by atoms with Crippen LogP contribution in [0.3, 0.4) is 0 Å². The Morgan fingerprint density at radius 2 is 1.62 bits per heavy atom. The Balaban J connectivity index is 1.41. The molecule has 1 heterocycles. The van der Waals surface area contributed by atoms with Gasteiger partial charge in [-0.2, -0.15) is 0 Å². The van der Waals surface area contributed by atoms with E-state index in [0.717, 1.165) is 5.56 Å². The molecule has 0 aliphatic carbocycles. The fourth-order valence-electron chi connectivity index (χ4n) is 2.59. The van der Waals surface area contributed by atoms with Gasteiger partial charge in [0.25, 0.3) is 5.91 Å². The predicted molar refractivity (Wildman–Crippen MR) is 106 cm³/mol. The molecule has 3 aromatic rings. The molecule has 7 nitrogen and oxygen atoms in total. The lowest BCUT2D eigenvalue weighted by atomic mass is 10.1. The summed E-state index contributed by atoms with van der Waals surface area (Å²) in [6.07, 6.45) is -0.443. The average molecular weight is 394 g/mol. The molecule has 1 aromatic heterocycles. The third-order valence-corrected chi connectivity index (χ3v) is 4.16. The standard InChI is InChI=1S/C22H22N2O5/c25-19(13-11-16-7-3-1-4-8-16)21(26)23-24-22(27)20-14-12-18(29-20)15-28-17-9-5-2-6-10-17/h1-10,12,14,19,25H,11,13,15H2,(H,23,26)(H,24,27). The van der Waals surface area contributed by atoms with Gasteiger partial charge in [-0.05, 0) is 42.7 Å². The van der Waals surface area contributed by atoms with Gasteiger partial charge in [0, 0.05) is 0 Å². The molecule has 2 amide bonds. The first-order valence-corrected chi connectivity index (χ1v) is 9.20. The van der Waals surface area contributed by atoms with E-state index in [1.165, 1.54) is 6.07 Å². The van der Waals surface area contributed by atoms with Crippen molar-refractivity contribution in [3.05, 3.63) is 89.9 Å². The van der Waals surface area contributed by atoms with Crippen molar-refractivity contribution in [3.63, 3.8) is 0 Å². The van der Waals surface area contributed by atoms with Gasteiger partial charge >= 0.3 is 5.91 Å². The van der Waals surface area contributed by atoms with Gasteiger partial charge in [0.05, 0.1) is 0 Å². The fraction of sp³-hybridized carbons (Fsp3) is 0.182. The summed E-state index contributed by atoms with van der Waals surface area (Å²) in [4.78, 5) is 24.0. The zero-order valence-corrected chi connectivity index (χ0v) is 15.7. The van der Waals surface area contributed by atoms with Crippen LogP contribution in [0, 0.1) is 0 Å². The number of amides is 2. The molecule has 0 aliphatic heterocycles. The number of ether oxygens (including phenoxy) is 1. The Labute approximate surface area is 168 Å². The molecule has 3 N–H and O–H groups in total. The van der Waals surface area contributed by atoms with Crippen molar-refractivity contribution in [3.8, 4) is 5.75 Å². The number of furan rings is 1. The number of hydrazine groups is 1. The third-order valence-electron chi connectivity index (χ3n) is 4.16. The number of aliphatic hydroxyl groups excluding tert-OH is 1. The number of hydrogen-bond acceptors (Lipinski definition) is 5. The van der Waals surface area contributed by atoms with Crippen LogP contribution in [0.1, 0.15) is 28.3 Å². The van der Waals surface area contributed by atoms with Gasteiger partial charge in [0.15, 0.2) is 5.76 Å². The Bertz CT molecular complexity index is 925. The molecule has 29 heavy (non-hydrogen) atoms. The number of hydrogen-bond donors (Lipinski definition) is 3. The van der Waals surface area contributed by atoms with Crippen LogP contribution in [0.2, 0.25) is 0 Å². The van der Waals surface area contributed by atoms with Gasteiger partial charge in [-0.3, -0.25) is 20.4 Å². The van der Waals surface area contributed by atoms with Crippen molar-refractivity contribution >= 4 is 11.8 Å². The summed E-state index contributed by atoms with van der Waals surface area (Å²) in [6.45, 7) is 0.169. The summed E-state index contributed by atoms with van der Waals surface area (Å²) >= 11 is 0. The number of nitrogens with one attached hydrogen (secondary N) is 2. The molecule has 0 bridgehead atoms. The zero-order valence-electron chi connectivity index (χ0n) is 15.7. The number of aryl methyl sites for hydroxylation is 1. The minimum absolute atomic E-state index is 0.0238. The van der Waals surface area contributed by atoms with Gasteiger partial charge in [-0.25, -0.2) is 0 Å². The van der Waals surface area contributed by atoms with Crippen molar-refractivity contribution < 1.29 is 23.8 Å². The Morgan fingerprint density at radius 1 is 0.931 bits per heavy atom. The quantitative estimate of drug-likeness (QED) is 0.510. The largest absolute Gasteiger partial charge is 0.486 e. The molecule has 150 valence electrons. The van der Waals surface area contributed by atoms with Crippen LogP contribution < -0.4 is 15.6 Å². The second kappa shape index (κ2) is 10.1. The number of aliphatic hydroxyl groups is 1. The van der Waals surface area contributed by atoms with Crippen LogP contribution in [-0.4, -0.2) is 23.0 Å². The summed E-state index contributed by atoms with van der Waals surface area (Å²) in [7, 11) is 0. The number of carbonyl (C=O) groups excluding carboxylic acids is 2. The van der Waals surface area contributed by atoms with E-state index in [4.69, 9.17) is 9.15 Å². The molecule has 3 rings (SSSR count). The van der Waals surface area contributed by atoms with E-state index >= 15 is 0 Å². The van der Waals surface area contributed by atoms with E-state index in [-0.39, 0.29) is 18.8 Å². The van der Waals surface area contributed by atoms with E-state index in [1.54, 1.807) is 6.07 Å². The topological polar surface area (TPSA) is 101 Å². The average Bonchev–Trinajstić information content (AvgIpc) is 3.25. The molecule has 0 fully saturated rings. The van der Waals surface area contributed by atoms with Crippen LogP contribution in [-0.2, 0) is 17.8 Å². The highest BCUT2D eigenvalue weighted by atomic mass is 16.5. The van der Waals surface area contributed by atoms with E-state index in [2.05, 4.69) is 10.9 Å². The monoisotopic (exact) mass is 394 g/mol. The van der Waals surface area contributed by atoms with Gasteiger partial charge in [0.1, 0.15) is 24.2 Å². The SMILES string of the molecule is O=C(NNC(=O)C(O)CCc1ccccc1)c1ccc(COc2ccccc2)o1. The lowest BCUT2D eigenvalue weighted by Gasteiger charge is -2.11. The summed E-state index contributed by atoms with van der Waals surface area (Å²) in [5.74, 6) is -0.136. The molecule has 7 heteroatoms.